The fourth-order valence-corrected chi connectivity index (χ4v) is 1.12. The Labute approximate surface area is 101 Å². The van der Waals surface area contributed by atoms with E-state index in [2.05, 4.69) is 0 Å². The molecule has 4 heteroatoms. The van der Waals surface area contributed by atoms with Crippen molar-refractivity contribution < 1.29 is 19.0 Å². The van der Waals surface area contributed by atoms with Crippen molar-refractivity contribution in [1.29, 1.82) is 0 Å². The number of carbonyl (C=O) groups excluding carboxylic acids is 1. The molecule has 0 unspecified atom stereocenters. The van der Waals surface area contributed by atoms with Gasteiger partial charge in [-0.2, -0.15) is 0 Å². The topological polar surface area (TPSA) is 44.8 Å². The van der Waals surface area contributed by atoms with E-state index in [4.69, 9.17) is 14.2 Å². The fraction of sp³-hybridized carbons (Fsp3) is 0.308. The van der Waals surface area contributed by atoms with Gasteiger partial charge in [0, 0.05) is 0 Å². The van der Waals surface area contributed by atoms with E-state index in [-0.39, 0.29) is 5.76 Å². The van der Waals surface area contributed by atoms with Gasteiger partial charge in [0.1, 0.15) is 12.0 Å². The molecule has 0 aliphatic rings. The predicted molar refractivity (Wildman–Crippen MR) is 63.4 cm³/mol. The normalized spacial score (nSPS) is 10.8. The van der Waals surface area contributed by atoms with Gasteiger partial charge in [-0.15, -0.1) is 0 Å². The van der Waals surface area contributed by atoms with Crippen LogP contribution in [-0.2, 0) is 14.3 Å². The van der Waals surface area contributed by atoms with Crippen LogP contribution in [0.5, 0.6) is 5.75 Å². The number of carbonyl (C=O) groups is 1. The zero-order valence-corrected chi connectivity index (χ0v) is 10.0. The van der Waals surface area contributed by atoms with E-state index < -0.39 is 5.97 Å². The lowest BCUT2D eigenvalue weighted by atomic mass is 10.3. The number of hydrogen-bond donors (Lipinski definition) is 0. The SMILES string of the molecule is CCOC(=O)C(=COc1ccccc1)OCC. The molecule has 0 atom stereocenters. The van der Waals surface area contributed by atoms with Gasteiger partial charge in [-0.05, 0) is 26.0 Å². The molecule has 4 nitrogen and oxygen atoms in total. The zero-order chi connectivity index (χ0) is 12.5. The van der Waals surface area contributed by atoms with Crippen LogP contribution in [0.2, 0.25) is 0 Å². The average Bonchev–Trinajstić information content (AvgIpc) is 2.36. The molecule has 17 heavy (non-hydrogen) atoms. The summed E-state index contributed by atoms with van der Waals surface area (Å²) in [5, 5.41) is 0. The van der Waals surface area contributed by atoms with E-state index in [0.29, 0.717) is 19.0 Å². The van der Waals surface area contributed by atoms with Crippen LogP contribution in [0.3, 0.4) is 0 Å². The summed E-state index contributed by atoms with van der Waals surface area (Å²) in [5.74, 6) is 0.178. The Morgan fingerprint density at radius 1 is 1.12 bits per heavy atom. The Morgan fingerprint density at radius 3 is 2.35 bits per heavy atom. The highest BCUT2D eigenvalue weighted by molar-refractivity contribution is 5.85. The third-order valence-electron chi connectivity index (χ3n) is 1.82. The van der Waals surface area contributed by atoms with Crippen molar-refractivity contribution in [3.63, 3.8) is 0 Å². The lowest BCUT2D eigenvalue weighted by Crippen LogP contribution is -2.11. The first-order valence-corrected chi connectivity index (χ1v) is 5.49. The Morgan fingerprint density at radius 2 is 1.76 bits per heavy atom. The summed E-state index contributed by atoms with van der Waals surface area (Å²) in [6, 6.07) is 9.13. The maximum atomic E-state index is 11.5. The average molecular weight is 236 g/mol. The molecule has 0 heterocycles. The molecule has 0 aliphatic carbocycles. The van der Waals surface area contributed by atoms with Crippen LogP contribution >= 0.6 is 0 Å². The molecule has 0 saturated carbocycles. The monoisotopic (exact) mass is 236 g/mol. The van der Waals surface area contributed by atoms with Crippen molar-refractivity contribution in [2.45, 2.75) is 13.8 Å². The second-order valence-corrected chi connectivity index (χ2v) is 3.07. The van der Waals surface area contributed by atoms with Crippen molar-refractivity contribution in [2.75, 3.05) is 13.2 Å². The van der Waals surface area contributed by atoms with Crippen molar-refractivity contribution in [3.8, 4) is 5.75 Å². The van der Waals surface area contributed by atoms with Crippen molar-refractivity contribution in [2.24, 2.45) is 0 Å². The van der Waals surface area contributed by atoms with E-state index in [0.717, 1.165) is 0 Å². The van der Waals surface area contributed by atoms with Crippen LogP contribution in [0.25, 0.3) is 0 Å². The highest BCUT2D eigenvalue weighted by atomic mass is 16.6. The van der Waals surface area contributed by atoms with Gasteiger partial charge >= 0.3 is 5.97 Å². The van der Waals surface area contributed by atoms with E-state index in [9.17, 15) is 4.79 Å². The molecule has 0 saturated heterocycles. The summed E-state index contributed by atoms with van der Waals surface area (Å²) in [6.07, 6.45) is 1.26. The Bertz CT molecular complexity index is 370. The summed E-state index contributed by atoms with van der Waals surface area (Å²) in [6.45, 7) is 4.20. The number of esters is 1. The van der Waals surface area contributed by atoms with Gasteiger partial charge in [-0.1, -0.05) is 18.2 Å². The summed E-state index contributed by atoms with van der Waals surface area (Å²) in [7, 11) is 0. The zero-order valence-electron chi connectivity index (χ0n) is 10.0. The second kappa shape index (κ2) is 7.33. The standard InChI is InChI=1S/C13H16O4/c1-3-15-12(13(14)16-4-2)10-17-11-8-6-5-7-9-11/h5-10H,3-4H2,1-2H3. The molecule has 0 aromatic heterocycles. The van der Waals surface area contributed by atoms with Gasteiger partial charge in [0.05, 0.1) is 13.2 Å². The minimum atomic E-state index is -0.523. The van der Waals surface area contributed by atoms with Gasteiger partial charge in [0.15, 0.2) is 0 Å². The summed E-state index contributed by atoms with van der Waals surface area (Å²) in [4.78, 5) is 11.5. The van der Waals surface area contributed by atoms with Gasteiger partial charge < -0.3 is 14.2 Å². The lowest BCUT2D eigenvalue weighted by molar-refractivity contribution is -0.142. The van der Waals surface area contributed by atoms with Crippen LogP contribution in [0.15, 0.2) is 42.4 Å². The van der Waals surface area contributed by atoms with Crippen LogP contribution in [0.4, 0.5) is 0 Å². The molecular formula is C13H16O4. The van der Waals surface area contributed by atoms with E-state index >= 15 is 0 Å². The molecule has 1 aromatic rings. The molecule has 0 radical (unpaired) electrons. The van der Waals surface area contributed by atoms with Crippen molar-refractivity contribution in [1.82, 2.24) is 0 Å². The van der Waals surface area contributed by atoms with Crippen LogP contribution < -0.4 is 4.74 Å². The van der Waals surface area contributed by atoms with Crippen molar-refractivity contribution in [3.05, 3.63) is 42.4 Å². The molecule has 0 aliphatic heterocycles. The number of hydrogen-bond acceptors (Lipinski definition) is 4. The molecule has 0 bridgehead atoms. The maximum absolute atomic E-state index is 11.5. The Hall–Kier alpha value is -1.97. The molecule has 0 fully saturated rings. The molecule has 1 rings (SSSR count). The summed E-state index contributed by atoms with van der Waals surface area (Å²) < 4.78 is 15.3. The molecular weight excluding hydrogens is 220 g/mol. The van der Waals surface area contributed by atoms with E-state index in [1.54, 1.807) is 26.0 Å². The van der Waals surface area contributed by atoms with Crippen molar-refractivity contribution >= 4 is 5.97 Å². The van der Waals surface area contributed by atoms with Crippen LogP contribution in [0, 0.1) is 0 Å². The molecule has 0 amide bonds. The molecule has 92 valence electrons. The Balaban J connectivity index is 2.67. The summed E-state index contributed by atoms with van der Waals surface area (Å²) >= 11 is 0. The number of ether oxygens (including phenoxy) is 3. The maximum Gasteiger partial charge on any atom is 0.376 e. The second-order valence-electron chi connectivity index (χ2n) is 3.07. The highest BCUT2D eigenvalue weighted by Gasteiger charge is 2.12. The first-order chi connectivity index (χ1) is 8.27. The third kappa shape index (κ3) is 4.59. The minimum Gasteiger partial charge on any atom is -0.485 e. The first-order valence-electron chi connectivity index (χ1n) is 5.49. The predicted octanol–water partition coefficient (Wildman–Crippen LogP) is 2.51. The molecule has 1 aromatic carbocycles. The number of rotatable bonds is 6. The fourth-order valence-electron chi connectivity index (χ4n) is 1.12. The van der Waals surface area contributed by atoms with Gasteiger partial charge in [-0.3, -0.25) is 0 Å². The highest BCUT2D eigenvalue weighted by Crippen LogP contribution is 2.10. The number of para-hydroxylation sites is 1. The quantitative estimate of drug-likeness (QED) is 0.432. The molecule has 0 N–H and O–H groups in total. The van der Waals surface area contributed by atoms with Gasteiger partial charge in [0.2, 0.25) is 5.76 Å². The Kier molecular flexibility index (Phi) is 5.64. The third-order valence-corrected chi connectivity index (χ3v) is 1.82. The van der Waals surface area contributed by atoms with E-state index in [1.807, 2.05) is 18.2 Å². The minimum absolute atomic E-state index is 0.0678. The number of benzene rings is 1. The smallest absolute Gasteiger partial charge is 0.376 e. The lowest BCUT2D eigenvalue weighted by Gasteiger charge is -2.07. The van der Waals surface area contributed by atoms with Crippen LogP contribution in [-0.4, -0.2) is 19.2 Å². The van der Waals surface area contributed by atoms with Gasteiger partial charge in [0.25, 0.3) is 0 Å². The largest absolute Gasteiger partial charge is 0.485 e. The first kappa shape index (κ1) is 13.1. The van der Waals surface area contributed by atoms with Gasteiger partial charge in [-0.25, -0.2) is 4.79 Å². The van der Waals surface area contributed by atoms with E-state index in [1.165, 1.54) is 6.26 Å². The molecule has 0 spiro atoms. The van der Waals surface area contributed by atoms with Crippen LogP contribution in [0.1, 0.15) is 13.8 Å². The summed E-state index contributed by atoms with van der Waals surface area (Å²) in [5.41, 5.74) is 0.